The van der Waals surface area contributed by atoms with Crippen molar-refractivity contribution in [3.8, 4) is 0 Å². The van der Waals surface area contributed by atoms with Gasteiger partial charge in [-0.15, -0.1) is 0 Å². The molecule has 1 heterocycles. The molecule has 1 fully saturated rings. The van der Waals surface area contributed by atoms with Crippen LogP contribution in [0.3, 0.4) is 0 Å². The number of hydrogen-bond acceptors (Lipinski definition) is 6. The van der Waals surface area contributed by atoms with E-state index in [0.717, 1.165) is 6.42 Å². The van der Waals surface area contributed by atoms with Gasteiger partial charge in [0.15, 0.2) is 0 Å². The summed E-state index contributed by atoms with van der Waals surface area (Å²) in [4.78, 5) is 27.8. The number of sulfonamides is 1. The second-order valence-electron chi connectivity index (χ2n) is 7.71. The summed E-state index contributed by atoms with van der Waals surface area (Å²) >= 11 is 5.81. The molecule has 1 aliphatic rings. The van der Waals surface area contributed by atoms with Gasteiger partial charge in [0.25, 0.3) is 10.0 Å². The molecule has 2 aromatic rings. The summed E-state index contributed by atoms with van der Waals surface area (Å²) in [6.45, 7) is 5.55. The highest BCUT2D eigenvalue weighted by atomic mass is 35.5. The molecule has 1 aliphatic heterocycles. The van der Waals surface area contributed by atoms with Crippen molar-refractivity contribution in [1.82, 2.24) is 10.2 Å². The average Bonchev–Trinajstić information content (AvgIpc) is 2.78. The van der Waals surface area contributed by atoms with E-state index in [0.29, 0.717) is 50.0 Å². The third-order valence-corrected chi connectivity index (χ3v) is 6.91. The van der Waals surface area contributed by atoms with Crippen LogP contribution in [-0.4, -0.2) is 69.6 Å². The zero-order valence-corrected chi connectivity index (χ0v) is 19.8. The topological polar surface area (TPSA) is 119 Å². The molecule has 0 aliphatic carbocycles. The molecule has 0 atom stereocenters. The maximum Gasteiger partial charge on any atom is 0.337 e. The number of nitrogens with zero attached hydrogens (tertiary/aromatic N) is 2. The molecule has 0 saturated carbocycles. The Hall–Kier alpha value is -2.82. The Morgan fingerprint density at radius 1 is 1.06 bits per heavy atom. The van der Waals surface area contributed by atoms with E-state index < -0.39 is 16.0 Å². The highest BCUT2D eigenvalue weighted by Gasteiger charge is 2.23. The smallest absolute Gasteiger partial charge is 0.337 e. The van der Waals surface area contributed by atoms with Crippen LogP contribution in [0, 0.1) is 0 Å². The molecule has 11 heteroatoms. The van der Waals surface area contributed by atoms with Gasteiger partial charge in [-0.1, -0.05) is 18.5 Å². The molecule has 1 amide bonds. The van der Waals surface area contributed by atoms with Crippen LogP contribution in [0.25, 0.3) is 0 Å². The molecule has 0 spiro atoms. The molecule has 0 unspecified atom stereocenters. The van der Waals surface area contributed by atoms with Crippen molar-refractivity contribution in [2.24, 2.45) is 0 Å². The quantitative estimate of drug-likeness (QED) is 0.490. The van der Waals surface area contributed by atoms with Crippen molar-refractivity contribution >= 4 is 44.9 Å². The van der Waals surface area contributed by atoms with Gasteiger partial charge >= 0.3 is 5.97 Å². The molecule has 33 heavy (non-hydrogen) atoms. The number of anilines is 2. The van der Waals surface area contributed by atoms with Crippen LogP contribution < -0.4 is 14.9 Å². The van der Waals surface area contributed by atoms with E-state index in [4.69, 9.17) is 11.6 Å². The Balaban J connectivity index is 1.70. The Morgan fingerprint density at radius 3 is 2.33 bits per heavy atom. The second kappa shape index (κ2) is 10.9. The van der Waals surface area contributed by atoms with E-state index in [2.05, 4.69) is 10.0 Å². The lowest BCUT2D eigenvalue weighted by molar-refractivity contribution is -0.122. The maximum atomic E-state index is 12.7. The maximum absolute atomic E-state index is 12.7. The SMILES string of the molecule is CCCNC(=O)CN1CCN(c2ccc(NS(=O)(=O)c3ccc(Cl)cc3)c(C(=O)O)c2)CC1. The van der Waals surface area contributed by atoms with Crippen LogP contribution in [0.2, 0.25) is 5.02 Å². The predicted molar refractivity (Wildman–Crippen MR) is 128 cm³/mol. The Labute approximate surface area is 198 Å². The summed E-state index contributed by atoms with van der Waals surface area (Å²) in [5.74, 6) is -1.24. The normalized spacial score (nSPS) is 14.7. The number of nitrogens with one attached hydrogen (secondary N) is 2. The average molecular weight is 495 g/mol. The van der Waals surface area contributed by atoms with Crippen molar-refractivity contribution in [2.75, 3.05) is 48.9 Å². The molecule has 2 aromatic carbocycles. The number of carboxylic acids is 1. The van der Waals surface area contributed by atoms with E-state index in [1.165, 1.54) is 36.4 Å². The summed E-state index contributed by atoms with van der Waals surface area (Å²) in [5, 5.41) is 12.9. The first-order valence-electron chi connectivity index (χ1n) is 10.6. The first-order valence-corrected chi connectivity index (χ1v) is 12.5. The number of carboxylic acid groups (broad SMARTS) is 1. The van der Waals surface area contributed by atoms with Gasteiger partial charge in [0, 0.05) is 43.4 Å². The number of rotatable bonds is 9. The highest BCUT2D eigenvalue weighted by molar-refractivity contribution is 7.92. The summed E-state index contributed by atoms with van der Waals surface area (Å²) in [6.07, 6.45) is 0.886. The number of carbonyl (C=O) groups excluding carboxylic acids is 1. The molecule has 178 valence electrons. The van der Waals surface area contributed by atoms with Crippen LogP contribution in [0.4, 0.5) is 11.4 Å². The molecule has 1 saturated heterocycles. The number of aromatic carboxylic acids is 1. The molecule has 0 bridgehead atoms. The van der Waals surface area contributed by atoms with Crippen molar-refractivity contribution in [2.45, 2.75) is 18.2 Å². The van der Waals surface area contributed by atoms with Crippen molar-refractivity contribution in [3.63, 3.8) is 0 Å². The Morgan fingerprint density at radius 2 is 1.73 bits per heavy atom. The van der Waals surface area contributed by atoms with Gasteiger partial charge in [-0.2, -0.15) is 0 Å². The fourth-order valence-electron chi connectivity index (χ4n) is 3.50. The van der Waals surface area contributed by atoms with Gasteiger partial charge in [0.2, 0.25) is 5.91 Å². The van der Waals surface area contributed by atoms with Crippen molar-refractivity contribution in [1.29, 1.82) is 0 Å². The lowest BCUT2D eigenvalue weighted by Crippen LogP contribution is -2.49. The van der Waals surface area contributed by atoms with Gasteiger partial charge < -0.3 is 15.3 Å². The monoisotopic (exact) mass is 494 g/mol. The molecule has 0 radical (unpaired) electrons. The molecule has 3 N–H and O–H groups in total. The number of piperazine rings is 1. The fraction of sp³-hybridized carbons (Fsp3) is 0.364. The number of amides is 1. The first-order chi connectivity index (χ1) is 15.7. The van der Waals surface area contributed by atoms with Gasteiger partial charge in [0.05, 0.1) is 22.7 Å². The van der Waals surface area contributed by atoms with E-state index >= 15 is 0 Å². The van der Waals surface area contributed by atoms with E-state index in [-0.39, 0.29) is 22.1 Å². The number of carbonyl (C=O) groups is 2. The summed E-state index contributed by atoms with van der Waals surface area (Å²) < 4.78 is 27.7. The van der Waals surface area contributed by atoms with Crippen LogP contribution in [-0.2, 0) is 14.8 Å². The van der Waals surface area contributed by atoms with Crippen LogP contribution in [0.5, 0.6) is 0 Å². The van der Waals surface area contributed by atoms with Crippen LogP contribution in [0.1, 0.15) is 23.7 Å². The fourth-order valence-corrected chi connectivity index (χ4v) is 4.71. The van der Waals surface area contributed by atoms with Gasteiger partial charge in [0.1, 0.15) is 0 Å². The summed E-state index contributed by atoms with van der Waals surface area (Å²) in [7, 11) is -3.98. The largest absolute Gasteiger partial charge is 0.478 e. The number of halogens is 1. The van der Waals surface area contributed by atoms with Gasteiger partial charge in [-0.3, -0.25) is 14.4 Å². The molecular formula is C22H27ClN4O5S. The van der Waals surface area contributed by atoms with Crippen LogP contribution >= 0.6 is 11.6 Å². The minimum atomic E-state index is -3.98. The number of hydrogen-bond donors (Lipinski definition) is 3. The summed E-state index contributed by atoms with van der Waals surface area (Å²) in [6, 6.07) is 10.2. The van der Waals surface area contributed by atoms with E-state index in [1.807, 2.05) is 16.7 Å². The zero-order valence-electron chi connectivity index (χ0n) is 18.3. The van der Waals surface area contributed by atoms with Gasteiger partial charge in [-0.05, 0) is 48.9 Å². The minimum Gasteiger partial charge on any atom is -0.478 e. The molecular weight excluding hydrogens is 468 g/mol. The molecule has 9 nitrogen and oxygen atoms in total. The molecule has 3 rings (SSSR count). The predicted octanol–water partition coefficient (Wildman–Crippen LogP) is 2.49. The lowest BCUT2D eigenvalue weighted by atomic mass is 10.1. The first kappa shape index (κ1) is 24.8. The van der Waals surface area contributed by atoms with E-state index in [1.54, 1.807) is 6.07 Å². The Bertz CT molecular complexity index is 1100. The van der Waals surface area contributed by atoms with E-state index in [9.17, 15) is 23.1 Å². The van der Waals surface area contributed by atoms with Crippen molar-refractivity contribution in [3.05, 3.63) is 53.1 Å². The third-order valence-electron chi connectivity index (χ3n) is 5.28. The van der Waals surface area contributed by atoms with Gasteiger partial charge in [-0.25, -0.2) is 13.2 Å². The minimum absolute atomic E-state index is 0.00390. The highest BCUT2D eigenvalue weighted by Crippen LogP contribution is 2.27. The zero-order chi connectivity index (χ0) is 24.0. The Kier molecular flexibility index (Phi) is 8.17. The number of benzene rings is 2. The van der Waals surface area contributed by atoms with Crippen LogP contribution in [0.15, 0.2) is 47.4 Å². The standard InChI is InChI=1S/C22H27ClN4O5S/c1-2-9-24-21(28)15-26-10-12-27(13-11-26)17-5-8-20(19(14-17)22(29)30)25-33(31,32)18-6-3-16(23)4-7-18/h3-8,14,25H,2,9-13,15H2,1H3,(H,24,28)(H,29,30). The molecule has 0 aromatic heterocycles. The lowest BCUT2D eigenvalue weighted by Gasteiger charge is -2.36. The third kappa shape index (κ3) is 6.59. The van der Waals surface area contributed by atoms with Crippen molar-refractivity contribution < 1.29 is 23.1 Å². The summed E-state index contributed by atoms with van der Waals surface area (Å²) in [5.41, 5.74) is 0.510. The second-order valence-corrected chi connectivity index (χ2v) is 9.83.